The molecule has 0 spiro atoms. The van der Waals surface area contributed by atoms with E-state index in [0.29, 0.717) is 12.6 Å². The molecule has 1 unspecified atom stereocenters. The Morgan fingerprint density at radius 2 is 2.17 bits per heavy atom. The van der Waals surface area contributed by atoms with Crippen LogP contribution in [0, 0.1) is 0 Å². The highest BCUT2D eigenvalue weighted by molar-refractivity contribution is 9.10. The van der Waals surface area contributed by atoms with Crippen LogP contribution in [0.3, 0.4) is 0 Å². The Morgan fingerprint density at radius 3 is 2.67 bits per heavy atom. The molecule has 0 amide bonds. The molecular formula is C14H23BrN2S. The maximum atomic E-state index is 5.59. The monoisotopic (exact) mass is 330 g/mol. The van der Waals surface area contributed by atoms with E-state index in [1.54, 1.807) is 0 Å². The first kappa shape index (κ1) is 15.9. The molecule has 0 aliphatic heterocycles. The topological polar surface area (TPSA) is 29.3 Å². The van der Waals surface area contributed by atoms with Crippen LogP contribution in [-0.4, -0.2) is 31.6 Å². The van der Waals surface area contributed by atoms with Gasteiger partial charge in [0.05, 0.1) is 5.69 Å². The average molecular weight is 331 g/mol. The smallest absolute Gasteiger partial charge is 0.0511 e. The van der Waals surface area contributed by atoms with Crippen LogP contribution in [0.15, 0.2) is 22.7 Å². The molecule has 0 aromatic heterocycles. The van der Waals surface area contributed by atoms with Gasteiger partial charge in [-0.25, -0.2) is 0 Å². The third kappa shape index (κ3) is 4.18. The molecule has 102 valence electrons. The van der Waals surface area contributed by atoms with Crippen molar-refractivity contribution in [3.8, 4) is 0 Å². The zero-order chi connectivity index (χ0) is 13.5. The predicted molar refractivity (Wildman–Crippen MR) is 87.8 cm³/mol. The van der Waals surface area contributed by atoms with E-state index in [1.807, 2.05) is 11.8 Å². The standard InChI is InChI=1S/C14H23BrN2S/c1-4-12(10-18-3)17(2)14-6-5-11(7-8-16)9-13(14)15/h5-6,9,12H,4,7-8,10,16H2,1-3H3. The fourth-order valence-electron chi connectivity index (χ4n) is 2.05. The molecule has 0 fully saturated rings. The Hall–Kier alpha value is -0.190. The van der Waals surface area contributed by atoms with E-state index in [1.165, 1.54) is 11.3 Å². The highest BCUT2D eigenvalue weighted by Gasteiger charge is 2.15. The lowest BCUT2D eigenvalue weighted by Gasteiger charge is -2.30. The fourth-order valence-corrected chi connectivity index (χ4v) is 3.60. The summed E-state index contributed by atoms with van der Waals surface area (Å²) >= 11 is 5.58. The van der Waals surface area contributed by atoms with Crippen LogP contribution in [0.5, 0.6) is 0 Å². The summed E-state index contributed by atoms with van der Waals surface area (Å²) in [4.78, 5) is 2.37. The Kier molecular flexibility index (Phi) is 7.12. The largest absolute Gasteiger partial charge is 0.370 e. The summed E-state index contributed by atoms with van der Waals surface area (Å²) in [5.74, 6) is 1.16. The summed E-state index contributed by atoms with van der Waals surface area (Å²) in [5, 5.41) is 0. The van der Waals surface area contributed by atoms with Crippen molar-refractivity contribution in [1.29, 1.82) is 0 Å². The number of nitrogens with zero attached hydrogens (tertiary/aromatic N) is 1. The van der Waals surface area contributed by atoms with Gasteiger partial charge in [-0.1, -0.05) is 13.0 Å². The summed E-state index contributed by atoms with van der Waals surface area (Å²) in [6.07, 6.45) is 4.26. The Labute approximate surface area is 123 Å². The number of benzene rings is 1. The number of rotatable bonds is 7. The van der Waals surface area contributed by atoms with Crippen molar-refractivity contribution in [2.75, 3.05) is 30.5 Å². The van der Waals surface area contributed by atoms with Gasteiger partial charge in [0, 0.05) is 23.3 Å². The second kappa shape index (κ2) is 8.08. The van der Waals surface area contributed by atoms with Crippen LogP contribution in [-0.2, 0) is 6.42 Å². The zero-order valence-electron chi connectivity index (χ0n) is 11.4. The Balaban J connectivity index is 2.87. The van der Waals surface area contributed by atoms with Gasteiger partial charge >= 0.3 is 0 Å². The van der Waals surface area contributed by atoms with E-state index in [-0.39, 0.29) is 0 Å². The van der Waals surface area contributed by atoms with E-state index in [0.717, 1.165) is 23.1 Å². The van der Waals surface area contributed by atoms with Crippen molar-refractivity contribution in [2.24, 2.45) is 5.73 Å². The number of hydrogen-bond acceptors (Lipinski definition) is 3. The highest BCUT2D eigenvalue weighted by Crippen LogP contribution is 2.29. The fraction of sp³-hybridized carbons (Fsp3) is 0.571. The molecular weight excluding hydrogens is 308 g/mol. The maximum absolute atomic E-state index is 5.59. The lowest BCUT2D eigenvalue weighted by molar-refractivity contribution is 0.672. The first-order valence-corrected chi connectivity index (χ1v) is 8.53. The minimum absolute atomic E-state index is 0.580. The number of nitrogens with two attached hydrogens (primary N) is 1. The van der Waals surface area contributed by atoms with Gasteiger partial charge in [-0.15, -0.1) is 0 Å². The molecule has 1 atom stereocenters. The van der Waals surface area contributed by atoms with Crippen molar-refractivity contribution in [2.45, 2.75) is 25.8 Å². The number of hydrogen-bond donors (Lipinski definition) is 1. The highest BCUT2D eigenvalue weighted by atomic mass is 79.9. The van der Waals surface area contributed by atoms with Crippen LogP contribution < -0.4 is 10.6 Å². The van der Waals surface area contributed by atoms with Gasteiger partial charge in [0.25, 0.3) is 0 Å². The maximum Gasteiger partial charge on any atom is 0.0511 e. The lowest BCUT2D eigenvalue weighted by atomic mass is 10.1. The molecule has 2 nitrogen and oxygen atoms in total. The van der Waals surface area contributed by atoms with E-state index in [9.17, 15) is 0 Å². The van der Waals surface area contributed by atoms with E-state index in [2.05, 4.69) is 59.3 Å². The van der Waals surface area contributed by atoms with Gasteiger partial charge < -0.3 is 10.6 Å². The average Bonchev–Trinajstić information content (AvgIpc) is 2.36. The Morgan fingerprint density at radius 1 is 1.44 bits per heavy atom. The zero-order valence-corrected chi connectivity index (χ0v) is 13.9. The quantitative estimate of drug-likeness (QED) is 0.829. The molecule has 0 bridgehead atoms. The second-order valence-electron chi connectivity index (χ2n) is 4.45. The van der Waals surface area contributed by atoms with Crippen molar-refractivity contribution >= 4 is 33.4 Å². The van der Waals surface area contributed by atoms with Gasteiger partial charge in [0.2, 0.25) is 0 Å². The predicted octanol–water partition coefficient (Wildman–Crippen LogP) is 3.53. The van der Waals surface area contributed by atoms with Crippen LogP contribution in [0.1, 0.15) is 18.9 Å². The number of thioether (sulfide) groups is 1. The molecule has 0 heterocycles. The van der Waals surface area contributed by atoms with Crippen molar-refractivity contribution < 1.29 is 0 Å². The second-order valence-corrected chi connectivity index (χ2v) is 6.22. The summed E-state index contributed by atoms with van der Waals surface area (Å²) in [7, 11) is 2.17. The summed E-state index contributed by atoms with van der Waals surface area (Å²) < 4.78 is 1.16. The van der Waals surface area contributed by atoms with Gasteiger partial charge in [-0.3, -0.25) is 0 Å². The van der Waals surface area contributed by atoms with Crippen LogP contribution in [0.25, 0.3) is 0 Å². The SMILES string of the molecule is CCC(CSC)N(C)c1ccc(CCN)cc1Br. The van der Waals surface area contributed by atoms with Crippen LogP contribution in [0.4, 0.5) is 5.69 Å². The molecule has 1 aromatic carbocycles. The van der Waals surface area contributed by atoms with E-state index in [4.69, 9.17) is 5.73 Å². The van der Waals surface area contributed by atoms with Crippen molar-refractivity contribution in [1.82, 2.24) is 0 Å². The first-order valence-electron chi connectivity index (χ1n) is 6.34. The summed E-state index contributed by atoms with van der Waals surface area (Å²) in [6, 6.07) is 7.13. The minimum Gasteiger partial charge on any atom is -0.370 e. The van der Waals surface area contributed by atoms with Crippen LogP contribution in [0.2, 0.25) is 0 Å². The molecule has 0 saturated heterocycles. The molecule has 0 radical (unpaired) electrons. The number of anilines is 1. The number of halogens is 1. The van der Waals surface area contributed by atoms with E-state index < -0.39 is 0 Å². The van der Waals surface area contributed by atoms with Gasteiger partial charge in [0.1, 0.15) is 0 Å². The van der Waals surface area contributed by atoms with Gasteiger partial charge in [0.15, 0.2) is 0 Å². The van der Waals surface area contributed by atoms with Gasteiger partial charge in [-0.2, -0.15) is 11.8 Å². The minimum atomic E-state index is 0.580. The molecule has 1 rings (SSSR count). The summed E-state index contributed by atoms with van der Waals surface area (Å²) in [5.41, 5.74) is 8.14. The van der Waals surface area contributed by atoms with Crippen molar-refractivity contribution in [3.05, 3.63) is 28.2 Å². The Bertz CT molecular complexity index is 371. The third-order valence-corrected chi connectivity index (χ3v) is 4.56. The summed E-state index contributed by atoms with van der Waals surface area (Å²) in [6.45, 7) is 2.94. The van der Waals surface area contributed by atoms with Crippen LogP contribution >= 0.6 is 27.7 Å². The molecule has 18 heavy (non-hydrogen) atoms. The molecule has 0 saturated carbocycles. The molecule has 1 aromatic rings. The molecule has 0 aliphatic carbocycles. The molecule has 4 heteroatoms. The lowest BCUT2D eigenvalue weighted by Crippen LogP contribution is -2.33. The normalized spacial score (nSPS) is 12.5. The van der Waals surface area contributed by atoms with E-state index >= 15 is 0 Å². The molecule has 2 N–H and O–H groups in total. The van der Waals surface area contributed by atoms with Crippen molar-refractivity contribution in [3.63, 3.8) is 0 Å². The van der Waals surface area contributed by atoms with Gasteiger partial charge in [-0.05, 0) is 59.3 Å². The third-order valence-electron chi connectivity index (χ3n) is 3.20. The molecule has 0 aliphatic rings. The first-order chi connectivity index (χ1) is 8.63.